The first-order valence-electron chi connectivity index (χ1n) is 6.45. The molecule has 0 saturated carbocycles. The Morgan fingerprint density at radius 2 is 1.62 bits per heavy atom. The maximum Gasteiger partial charge on any atom is 0.308 e. The highest BCUT2D eigenvalue weighted by atomic mass is 32.2. The Hall–Kier alpha value is -2.40. The van der Waals surface area contributed by atoms with E-state index in [9.17, 15) is 13.6 Å². The van der Waals surface area contributed by atoms with Crippen molar-refractivity contribution < 1.29 is 13.1 Å². The molecule has 0 aliphatic rings. The van der Waals surface area contributed by atoms with Crippen LogP contribution >= 0.6 is 0 Å². The number of nitrogens with zero attached hydrogens (tertiary/aromatic N) is 1. The molecule has 0 unspecified atom stereocenters. The normalized spacial score (nSPS) is 11.6. The Kier molecular flexibility index (Phi) is 3.35. The summed E-state index contributed by atoms with van der Waals surface area (Å²) >= 11 is 0. The first kappa shape index (κ1) is 13.6. The van der Waals surface area contributed by atoms with E-state index in [0.29, 0.717) is 10.3 Å². The van der Waals surface area contributed by atoms with Crippen LogP contribution in [0.3, 0.4) is 0 Å². The molecule has 0 aliphatic carbocycles. The second-order valence-electron chi connectivity index (χ2n) is 4.76. The van der Waals surface area contributed by atoms with E-state index < -0.39 is 9.84 Å². The number of sulfone groups is 1. The quantitative estimate of drug-likeness (QED) is 0.551. The fourth-order valence-electron chi connectivity index (χ4n) is 2.35. The average molecular weight is 299 g/mol. The number of aromatic nitrogens is 1. The smallest absolute Gasteiger partial charge is 0.308 e. The molecule has 3 aromatic rings. The van der Waals surface area contributed by atoms with Gasteiger partial charge in [-0.3, -0.25) is 0 Å². The van der Waals surface area contributed by atoms with E-state index in [1.54, 1.807) is 12.1 Å². The van der Waals surface area contributed by atoms with Crippen LogP contribution in [0.4, 0.5) is 0 Å². The van der Waals surface area contributed by atoms with Gasteiger partial charge in [-0.05, 0) is 22.4 Å². The molecule has 0 spiro atoms. The van der Waals surface area contributed by atoms with E-state index in [1.165, 1.54) is 18.3 Å². The van der Waals surface area contributed by atoms with Crippen molar-refractivity contribution in [1.29, 1.82) is 0 Å². The lowest BCUT2D eigenvalue weighted by Crippen LogP contribution is -2.33. The Morgan fingerprint density at radius 1 is 0.905 bits per heavy atom. The molecule has 5 heteroatoms. The third-order valence-electron chi connectivity index (χ3n) is 3.33. The topological polar surface area (TPSA) is 61.1 Å². The van der Waals surface area contributed by atoms with Crippen molar-refractivity contribution in [3.63, 3.8) is 0 Å². The summed E-state index contributed by atoms with van der Waals surface area (Å²) in [5.74, 6) is -0.194. The summed E-state index contributed by atoms with van der Waals surface area (Å²) in [6.45, 7) is 0. The van der Waals surface area contributed by atoms with Gasteiger partial charge < -0.3 is 5.21 Å². The maximum atomic E-state index is 12.4. The molecule has 0 saturated heterocycles. The van der Waals surface area contributed by atoms with Crippen molar-refractivity contribution in [2.45, 2.75) is 10.8 Å². The predicted octanol–water partition coefficient (Wildman–Crippen LogP) is 2.45. The van der Waals surface area contributed by atoms with Gasteiger partial charge in [0.15, 0.2) is 6.20 Å². The first-order chi connectivity index (χ1) is 10.1. The van der Waals surface area contributed by atoms with Gasteiger partial charge in [0.1, 0.15) is 0 Å². The summed E-state index contributed by atoms with van der Waals surface area (Å²) < 4.78 is 25.3. The van der Waals surface area contributed by atoms with Crippen LogP contribution in [0.25, 0.3) is 10.8 Å². The van der Waals surface area contributed by atoms with E-state index in [0.717, 1.165) is 10.8 Å². The number of rotatable bonds is 3. The summed E-state index contributed by atoms with van der Waals surface area (Å²) in [5.41, 5.74) is 0.692. The fourth-order valence-corrected chi connectivity index (χ4v) is 3.78. The van der Waals surface area contributed by atoms with E-state index in [-0.39, 0.29) is 10.8 Å². The molecule has 2 aromatic carbocycles. The molecule has 1 heterocycles. The predicted molar refractivity (Wildman–Crippen MR) is 80.2 cm³/mol. The van der Waals surface area contributed by atoms with Gasteiger partial charge in [0.2, 0.25) is 9.84 Å². The van der Waals surface area contributed by atoms with E-state index in [2.05, 4.69) is 0 Å². The molecule has 0 radical (unpaired) electrons. The third-order valence-corrected chi connectivity index (χ3v) is 4.98. The van der Waals surface area contributed by atoms with E-state index >= 15 is 0 Å². The van der Waals surface area contributed by atoms with Crippen LogP contribution in [0.2, 0.25) is 0 Å². The van der Waals surface area contributed by atoms with Crippen molar-refractivity contribution in [3.8, 4) is 0 Å². The van der Waals surface area contributed by atoms with Gasteiger partial charge in [0.25, 0.3) is 0 Å². The second-order valence-corrected chi connectivity index (χ2v) is 6.70. The molecule has 0 bridgehead atoms. The van der Waals surface area contributed by atoms with Crippen LogP contribution < -0.4 is 4.73 Å². The highest BCUT2D eigenvalue weighted by Crippen LogP contribution is 2.22. The van der Waals surface area contributed by atoms with Gasteiger partial charge in [-0.2, -0.15) is 4.73 Å². The Balaban J connectivity index is 2.08. The van der Waals surface area contributed by atoms with Crippen molar-refractivity contribution in [1.82, 2.24) is 0 Å². The molecule has 0 aliphatic heterocycles. The van der Waals surface area contributed by atoms with Crippen molar-refractivity contribution in [2.75, 3.05) is 0 Å². The van der Waals surface area contributed by atoms with Crippen LogP contribution in [0.1, 0.15) is 5.56 Å². The van der Waals surface area contributed by atoms with Gasteiger partial charge in [0.05, 0.1) is 5.75 Å². The lowest BCUT2D eigenvalue weighted by molar-refractivity contribution is -0.646. The molecule has 0 fully saturated rings. The van der Waals surface area contributed by atoms with Crippen molar-refractivity contribution in [3.05, 3.63) is 77.6 Å². The molecule has 106 valence electrons. The molecular formula is C16H13NO3S. The highest BCUT2D eigenvalue weighted by molar-refractivity contribution is 7.90. The van der Waals surface area contributed by atoms with Crippen LogP contribution in [-0.2, 0) is 15.6 Å². The zero-order valence-electron chi connectivity index (χ0n) is 11.1. The average Bonchev–Trinajstić information content (AvgIpc) is 2.47. The summed E-state index contributed by atoms with van der Waals surface area (Å²) in [5, 5.41) is 13.3. The molecule has 1 aromatic heterocycles. The van der Waals surface area contributed by atoms with Gasteiger partial charge >= 0.3 is 5.03 Å². The van der Waals surface area contributed by atoms with Crippen molar-refractivity contribution >= 4 is 20.6 Å². The van der Waals surface area contributed by atoms with E-state index in [1.807, 2.05) is 36.4 Å². The number of pyridine rings is 1. The summed E-state index contributed by atoms with van der Waals surface area (Å²) in [7, 11) is -3.69. The highest BCUT2D eigenvalue weighted by Gasteiger charge is 2.24. The van der Waals surface area contributed by atoms with Gasteiger partial charge in [0, 0.05) is 12.1 Å². The minimum Gasteiger partial charge on any atom is -0.618 e. The first-order valence-corrected chi connectivity index (χ1v) is 8.11. The Bertz CT molecular complexity index is 899. The third kappa shape index (κ3) is 2.60. The van der Waals surface area contributed by atoms with Gasteiger partial charge in [-0.1, -0.05) is 42.5 Å². The zero-order valence-corrected chi connectivity index (χ0v) is 12.0. The Morgan fingerprint density at radius 3 is 2.43 bits per heavy atom. The molecule has 0 amide bonds. The molecule has 0 atom stereocenters. The molecular weight excluding hydrogens is 286 g/mol. The summed E-state index contributed by atoms with van der Waals surface area (Å²) in [6.07, 6.45) is 1.19. The second kappa shape index (κ2) is 5.18. The summed E-state index contributed by atoms with van der Waals surface area (Å²) in [6, 6.07) is 17.5. The van der Waals surface area contributed by atoms with Crippen LogP contribution in [-0.4, -0.2) is 8.42 Å². The molecule has 0 N–H and O–H groups in total. The van der Waals surface area contributed by atoms with Crippen LogP contribution in [0, 0.1) is 5.21 Å². The molecule has 3 rings (SSSR count). The van der Waals surface area contributed by atoms with E-state index in [4.69, 9.17) is 0 Å². The largest absolute Gasteiger partial charge is 0.618 e. The van der Waals surface area contributed by atoms with Gasteiger partial charge in [-0.25, -0.2) is 8.42 Å². The minimum absolute atomic E-state index is 0.194. The van der Waals surface area contributed by atoms with Crippen LogP contribution in [0.15, 0.2) is 71.9 Å². The number of hydrogen-bond acceptors (Lipinski definition) is 3. The standard InChI is InChI=1S/C16H13NO3S/c18-17-11-4-3-10-16(17)21(19,20)12-14-8-5-7-13-6-1-2-9-15(13)14/h1-11H,12H2. The lowest BCUT2D eigenvalue weighted by Gasteiger charge is -2.08. The minimum atomic E-state index is -3.69. The van der Waals surface area contributed by atoms with Gasteiger partial charge in [-0.15, -0.1) is 0 Å². The van der Waals surface area contributed by atoms with Crippen molar-refractivity contribution in [2.24, 2.45) is 0 Å². The number of hydrogen-bond donors (Lipinski definition) is 0. The number of fused-ring (bicyclic) bond motifs is 1. The monoisotopic (exact) mass is 299 g/mol. The maximum absolute atomic E-state index is 12.4. The summed E-state index contributed by atoms with van der Waals surface area (Å²) in [4.78, 5) is 0. The Labute approximate surface area is 122 Å². The fraction of sp³-hybridized carbons (Fsp3) is 0.0625. The molecule has 4 nitrogen and oxygen atoms in total. The number of benzene rings is 2. The van der Waals surface area contributed by atoms with Crippen LogP contribution in [0.5, 0.6) is 0 Å². The zero-order chi connectivity index (χ0) is 14.9. The lowest BCUT2D eigenvalue weighted by atomic mass is 10.1. The molecule has 21 heavy (non-hydrogen) atoms. The SMILES string of the molecule is O=S(=O)(Cc1cccc2ccccc12)c1cccc[n+]1[O-].